The van der Waals surface area contributed by atoms with Gasteiger partial charge in [-0.3, -0.25) is 0 Å². The van der Waals surface area contributed by atoms with Crippen LogP contribution in [0, 0.1) is 0 Å². The molecule has 0 aliphatic carbocycles. The summed E-state index contributed by atoms with van der Waals surface area (Å²) in [5.41, 5.74) is 12.8. The molecule has 0 radical (unpaired) electrons. The van der Waals surface area contributed by atoms with Gasteiger partial charge in [0, 0.05) is 33.3 Å². The fourth-order valence-corrected chi connectivity index (χ4v) is 7.89. The number of benzene rings is 7. The summed E-state index contributed by atoms with van der Waals surface area (Å²) in [7, 11) is 0. The van der Waals surface area contributed by atoms with E-state index < -0.39 is 0 Å². The van der Waals surface area contributed by atoms with Crippen molar-refractivity contribution in [1.29, 1.82) is 0 Å². The first-order valence-corrected chi connectivity index (χ1v) is 17.7. The van der Waals surface area contributed by atoms with Crippen LogP contribution in [0.2, 0.25) is 0 Å². The van der Waals surface area contributed by atoms with Gasteiger partial charge in [0.25, 0.3) is 0 Å². The lowest BCUT2D eigenvalue weighted by Crippen LogP contribution is -2.30. The van der Waals surface area contributed by atoms with Crippen molar-refractivity contribution in [3.05, 3.63) is 181 Å². The predicted octanol–water partition coefficient (Wildman–Crippen LogP) is 12.6. The van der Waals surface area contributed by atoms with Gasteiger partial charge in [-0.15, -0.1) is 0 Å². The van der Waals surface area contributed by atoms with Gasteiger partial charge in [0.1, 0.15) is 0 Å². The number of anilines is 6. The maximum Gasteiger partial charge on any atom is 0.160 e. The third-order valence-corrected chi connectivity index (χ3v) is 10.4. The smallest absolute Gasteiger partial charge is 0.160 e. The Balaban J connectivity index is 1.12. The Bertz CT molecular complexity index is 2550. The molecule has 5 nitrogen and oxygen atoms in total. The maximum atomic E-state index is 6.30. The van der Waals surface area contributed by atoms with Gasteiger partial charge >= 0.3 is 0 Å². The molecular formula is C47H34N4O. The second kappa shape index (κ2) is 11.7. The van der Waals surface area contributed by atoms with Crippen molar-refractivity contribution in [2.75, 3.05) is 9.80 Å². The van der Waals surface area contributed by atoms with E-state index in [0.717, 1.165) is 62.0 Å². The van der Waals surface area contributed by atoms with Gasteiger partial charge in [-0.1, -0.05) is 117 Å². The molecule has 248 valence electrons. The van der Waals surface area contributed by atoms with Crippen LogP contribution >= 0.6 is 0 Å². The van der Waals surface area contributed by atoms with E-state index in [1.165, 1.54) is 22.5 Å². The van der Waals surface area contributed by atoms with Crippen molar-refractivity contribution in [2.24, 2.45) is 0 Å². The minimum Gasteiger partial charge on any atom is -0.453 e. The number of nitrogens with zero attached hydrogens (tertiary/aromatic N) is 4. The molecule has 1 aromatic heterocycles. The van der Waals surface area contributed by atoms with Gasteiger partial charge in [0.05, 0.1) is 34.0 Å². The molecule has 0 amide bonds. The number of rotatable bonds is 4. The lowest BCUT2D eigenvalue weighted by Gasteiger charge is -2.42. The van der Waals surface area contributed by atoms with E-state index >= 15 is 0 Å². The number of ether oxygens (including phenoxy) is 1. The number of hydrogen-bond donors (Lipinski definition) is 0. The van der Waals surface area contributed by atoms with Crippen LogP contribution in [0.3, 0.4) is 0 Å². The first-order chi connectivity index (χ1) is 25.5. The minimum absolute atomic E-state index is 0.110. The van der Waals surface area contributed by atoms with E-state index in [2.05, 4.69) is 139 Å². The van der Waals surface area contributed by atoms with E-state index in [9.17, 15) is 0 Å². The molecule has 0 atom stereocenters. The van der Waals surface area contributed by atoms with Gasteiger partial charge < -0.3 is 14.5 Å². The third kappa shape index (κ3) is 4.70. The Morgan fingerprint density at radius 3 is 1.62 bits per heavy atom. The lowest BCUT2D eigenvalue weighted by molar-refractivity contribution is 0.477. The molecule has 2 aliphatic heterocycles. The van der Waals surface area contributed by atoms with Crippen LogP contribution in [0.1, 0.15) is 25.0 Å². The molecule has 3 heterocycles. The molecule has 0 N–H and O–H groups in total. The van der Waals surface area contributed by atoms with Crippen molar-refractivity contribution in [3.8, 4) is 34.1 Å². The van der Waals surface area contributed by atoms with Gasteiger partial charge in [0.15, 0.2) is 17.3 Å². The monoisotopic (exact) mass is 670 g/mol. The Labute approximate surface area is 303 Å². The number of aromatic nitrogens is 2. The van der Waals surface area contributed by atoms with Gasteiger partial charge in [-0.25, -0.2) is 9.97 Å². The first-order valence-electron chi connectivity index (χ1n) is 17.7. The Morgan fingerprint density at radius 1 is 0.462 bits per heavy atom. The van der Waals surface area contributed by atoms with Crippen LogP contribution in [0.5, 0.6) is 11.5 Å². The normalized spacial score (nSPS) is 13.8. The molecule has 2 aliphatic rings. The van der Waals surface area contributed by atoms with E-state index in [4.69, 9.17) is 14.7 Å². The van der Waals surface area contributed by atoms with E-state index in [0.29, 0.717) is 5.82 Å². The van der Waals surface area contributed by atoms with Crippen molar-refractivity contribution < 1.29 is 4.74 Å². The molecule has 0 saturated heterocycles. The number of fused-ring (bicyclic) bond motifs is 5. The van der Waals surface area contributed by atoms with Crippen molar-refractivity contribution in [1.82, 2.24) is 9.97 Å². The molecule has 10 rings (SSSR count). The Morgan fingerprint density at radius 2 is 0.981 bits per heavy atom. The zero-order valence-corrected chi connectivity index (χ0v) is 28.9. The van der Waals surface area contributed by atoms with Crippen LogP contribution in [0.15, 0.2) is 170 Å². The van der Waals surface area contributed by atoms with Crippen molar-refractivity contribution >= 4 is 45.0 Å². The highest BCUT2D eigenvalue weighted by Gasteiger charge is 2.36. The third-order valence-electron chi connectivity index (χ3n) is 10.4. The zero-order chi connectivity index (χ0) is 34.8. The summed E-state index contributed by atoms with van der Waals surface area (Å²) in [6, 6.07) is 59.4. The summed E-state index contributed by atoms with van der Waals surface area (Å²) in [5.74, 6) is 2.32. The van der Waals surface area contributed by atoms with Gasteiger partial charge in [-0.05, 0) is 77.9 Å². The summed E-state index contributed by atoms with van der Waals surface area (Å²) in [6.45, 7) is 4.63. The van der Waals surface area contributed by atoms with Crippen molar-refractivity contribution in [2.45, 2.75) is 19.3 Å². The van der Waals surface area contributed by atoms with E-state index in [1.807, 2.05) is 54.6 Å². The summed E-state index contributed by atoms with van der Waals surface area (Å²) in [5, 5.41) is 0.987. The highest BCUT2D eigenvalue weighted by Crippen LogP contribution is 2.53. The highest BCUT2D eigenvalue weighted by atomic mass is 16.5. The molecule has 7 aromatic carbocycles. The van der Waals surface area contributed by atoms with Crippen LogP contribution in [0.4, 0.5) is 34.1 Å². The molecule has 0 unspecified atom stereocenters. The molecule has 8 aromatic rings. The lowest BCUT2D eigenvalue weighted by atomic mass is 9.73. The predicted molar refractivity (Wildman–Crippen MR) is 212 cm³/mol. The topological polar surface area (TPSA) is 41.5 Å². The average Bonchev–Trinajstić information content (AvgIpc) is 3.20. The fourth-order valence-electron chi connectivity index (χ4n) is 7.89. The largest absolute Gasteiger partial charge is 0.453 e. The molecular weight excluding hydrogens is 637 g/mol. The van der Waals surface area contributed by atoms with Crippen LogP contribution in [0.25, 0.3) is 33.5 Å². The van der Waals surface area contributed by atoms with Crippen molar-refractivity contribution in [3.63, 3.8) is 0 Å². The van der Waals surface area contributed by atoms with Gasteiger partial charge in [0.2, 0.25) is 0 Å². The van der Waals surface area contributed by atoms with Crippen LogP contribution in [-0.2, 0) is 5.41 Å². The SMILES string of the molecule is CC1(C)c2ccccc2N(c2ccc(-c3nc(-c4ccccc4)nc4cc(N5c6ccccc6Oc6ccccc65)ccc34)cc2)c2ccccc21. The van der Waals surface area contributed by atoms with Gasteiger partial charge in [-0.2, -0.15) is 0 Å². The Hall–Kier alpha value is -6.72. The second-order valence-electron chi connectivity index (χ2n) is 13.9. The minimum atomic E-state index is -0.110. The molecule has 0 spiro atoms. The summed E-state index contributed by atoms with van der Waals surface area (Å²) in [4.78, 5) is 15.0. The zero-order valence-electron chi connectivity index (χ0n) is 28.9. The number of para-hydroxylation sites is 6. The van der Waals surface area contributed by atoms with Crippen LogP contribution in [-0.4, -0.2) is 9.97 Å². The highest BCUT2D eigenvalue weighted by molar-refractivity contribution is 5.98. The Kier molecular flexibility index (Phi) is 6.77. The first kappa shape index (κ1) is 30.1. The maximum absolute atomic E-state index is 6.30. The standard InChI is InChI=1S/C47H34N4O/c1-47(2)36-16-6-8-18-39(36)50(40-19-9-7-17-37(40)47)33-26-24-31(25-27-33)45-35-29-28-34(30-38(35)48-46(49-45)32-14-4-3-5-15-32)51-41-20-10-12-22-43(41)52-44-23-13-11-21-42(44)51/h3-30H,1-2H3. The molecule has 52 heavy (non-hydrogen) atoms. The number of hydrogen-bond acceptors (Lipinski definition) is 5. The summed E-state index contributed by atoms with van der Waals surface area (Å²) < 4.78 is 6.30. The summed E-state index contributed by atoms with van der Waals surface area (Å²) in [6.07, 6.45) is 0. The second-order valence-corrected chi connectivity index (χ2v) is 13.9. The fraction of sp³-hybridized carbons (Fsp3) is 0.0638. The summed E-state index contributed by atoms with van der Waals surface area (Å²) >= 11 is 0. The van der Waals surface area contributed by atoms with E-state index in [1.54, 1.807) is 0 Å². The molecule has 0 bridgehead atoms. The average molecular weight is 671 g/mol. The van der Waals surface area contributed by atoms with Crippen LogP contribution < -0.4 is 14.5 Å². The molecule has 5 heteroatoms. The molecule has 0 fully saturated rings. The molecule has 0 saturated carbocycles. The van der Waals surface area contributed by atoms with E-state index in [-0.39, 0.29) is 5.41 Å². The quantitative estimate of drug-likeness (QED) is 0.186.